The number of amides is 1. The molecule has 0 N–H and O–H groups in total. The molecule has 3 nitrogen and oxygen atoms in total. The minimum atomic E-state index is -0.130. The van der Waals surface area contributed by atoms with E-state index in [1.54, 1.807) is 0 Å². The predicted octanol–water partition coefficient (Wildman–Crippen LogP) is 6.18. The van der Waals surface area contributed by atoms with Gasteiger partial charge < -0.3 is 9.80 Å². The van der Waals surface area contributed by atoms with Crippen molar-refractivity contribution in [3.8, 4) is 0 Å². The molecule has 3 aromatic carbocycles. The maximum Gasteiger partial charge on any atom is 0.227 e. The Bertz CT molecular complexity index is 1100. The molecular formula is C30H34Cl2N2O. The van der Waals surface area contributed by atoms with E-state index in [1.165, 1.54) is 11.1 Å². The van der Waals surface area contributed by atoms with Gasteiger partial charge in [0, 0.05) is 43.7 Å². The maximum absolute atomic E-state index is 13.6. The average molecular weight is 510 g/mol. The Labute approximate surface area is 220 Å². The Balaban J connectivity index is 0.00000289. The van der Waals surface area contributed by atoms with Gasteiger partial charge in [0.2, 0.25) is 5.91 Å². The summed E-state index contributed by atoms with van der Waals surface area (Å²) < 4.78 is 0. The van der Waals surface area contributed by atoms with Crippen molar-refractivity contribution < 1.29 is 4.79 Å². The number of halogens is 2. The molecule has 1 saturated carbocycles. The van der Waals surface area contributed by atoms with Gasteiger partial charge in [-0.25, -0.2) is 0 Å². The van der Waals surface area contributed by atoms with Gasteiger partial charge >= 0.3 is 0 Å². The molecule has 5 heteroatoms. The van der Waals surface area contributed by atoms with Gasteiger partial charge in [0.25, 0.3) is 0 Å². The van der Waals surface area contributed by atoms with Gasteiger partial charge in [-0.1, -0.05) is 78.9 Å². The van der Waals surface area contributed by atoms with Crippen molar-refractivity contribution in [3.05, 3.63) is 102 Å². The summed E-state index contributed by atoms with van der Waals surface area (Å²) in [7, 11) is 4.06. The van der Waals surface area contributed by atoms with Crippen molar-refractivity contribution in [1.29, 1.82) is 0 Å². The number of hydrogen-bond donors (Lipinski definition) is 0. The lowest BCUT2D eigenvalue weighted by Gasteiger charge is -2.48. The van der Waals surface area contributed by atoms with E-state index in [0.29, 0.717) is 12.3 Å². The molecule has 0 bridgehead atoms. The van der Waals surface area contributed by atoms with Gasteiger partial charge in [-0.3, -0.25) is 4.79 Å². The molecular weight excluding hydrogens is 475 g/mol. The van der Waals surface area contributed by atoms with Crippen molar-refractivity contribution in [1.82, 2.24) is 4.90 Å². The van der Waals surface area contributed by atoms with Crippen LogP contribution in [0.2, 0.25) is 0 Å². The number of carbonyl (C=O) groups excluding carboxylic acids is 1. The Morgan fingerprint density at radius 1 is 0.914 bits per heavy atom. The van der Waals surface area contributed by atoms with Crippen LogP contribution in [0.5, 0.6) is 0 Å². The van der Waals surface area contributed by atoms with E-state index in [1.807, 2.05) is 26.2 Å². The normalized spacial score (nSPS) is 22.7. The maximum atomic E-state index is 13.6. The smallest absolute Gasteiger partial charge is 0.227 e. The fourth-order valence-electron chi connectivity index (χ4n) is 6.41. The largest absolute Gasteiger partial charge is 0.377 e. The minimum Gasteiger partial charge on any atom is -0.377 e. The van der Waals surface area contributed by atoms with Crippen LogP contribution in [0.1, 0.15) is 29.5 Å². The minimum absolute atomic E-state index is 0. The molecule has 1 amide bonds. The summed E-state index contributed by atoms with van der Waals surface area (Å²) in [5, 5.41) is 0.0948. The highest BCUT2D eigenvalue weighted by molar-refractivity contribution is 6.21. The van der Waals surface area contributed by atoms with Gasteiger partial charge in [-0.15, -0.1) is 24.0 Å². The number of nitrogens with zero attached hydrogens (tertiary/aromatic N) is 2. The van der Waals surface area contributed by atoms with Crippen LogP contribution < -0.4 is 4.90 Å². The van der Waals surface area contributed by atoms with Crippen molar-refractivity contribution in [2.75, 3.05) is 32.1 Å². The monoisotopic (exact) mass is 508 g/mol. The first-order valence-corrected chi connectivity index (χ1v) is 12.7. The number of para-hydroxylation sites is 1. The molecule has 35 heavy (non-hydrogen) atoms. The zero-order valence-corrected chi connectivity index (χ0v) is 22.0. The molecule has 0 spiro atoms. The third-order valence-electron chi connectivity index (χ3n) is 8.02. The molecule has 184 valence electrons. The molecule has 1 saturated heterocycles. The van der Waals surface area contributed by atoms with Crippen molar-refractivity contribution in [3.63, 3.8) is 0 Å². The molecule has 3 aromatic rings. The van der Waals surface area contributed by atoms with Crippen LogP contribution in [-0.2, 0) is 16.6 Å². The Hall–Kier alpha value is -2.49. The van der Waals surface area contributed by atoms with Crippen molar-refractivity contribution >= 4 is 35.6 Å². The topological polar surface area (TPSA) is 23.6 Å². The lowest BCUT2D eigenvalue weighted by molar-refractivity contribution is -0.129. The standard InChI is InChI=1S/C30H33ClN2O.ClH/c1-32(2)28-16-10-9-11-22(28)19-29(34)33-20-25-26(21-33)30(18-17-27(25)31,23-12-5-3-6-13-23)24-14-7-4-8-15-24;/h3-16,25-27H,17-21H2,1-2H3;1H/t25-,26?,27?;/m0./s1. The van der Waals surface area contributed by atoms with E-state index in [0.717, 1.165) is 37.2 Å². The molecule has 2 unspecified atom stereocenters. The summed E-state index contributed by atoms with van der Waals surface area (Å²) >= 11 is 6.97. The van der Waals surface area contributed by atoms with E-state index in [-0.39, 0.29) is 35.0 Å². The summed E-state index contributed by atoms with van der Waals surface area (Å²) in [6.07, 6.45) is 2.38. The van der Waals surface area contributed by atoms with Crippen LogP contribution in [0.15, 0.2) is 84.9 Å². The second-order valence-corrected chi connectivity index (χ2v) is 10.6. The Kier molecular flexibility index (Phi) is 7.78. The van der Waals surface area contributed by atoms with Gasteiger partial charge in [0.1, 0.15) is 0 Å². The molecule has 0 radical (unpaired) electrons. The molecule has 1 aliphatic carbocycles. The molecule has 0 aromatic heterocycles. The van der Waals surface area contributed by atoms with Crippen molar-refractivity contribution in [2.24, 2.45) is 11.8 Å². The number of fused-ring (bicyclic) bond motifs is 1. The molecule has 3 atom stereocenters. The highest BCUT2D eigenvalue weighted by Crippen LogP contribution is 2.54. The predicted molar refractivity (Wildman–Crippen MR) is 148 cm³/mol. The molecule has 5 rings (SSSR count). The van der Waals surface area contributed by atoms with Gasteiger partial charge in [-0.05, 0) is 47.4 Å². The average Bonchev–Trinajstić information content (AvgIpc) is 3.33. The number of benzene rings is 3. The summed E-state index contributed by atoms with van der Waals surface area (Å²) in [6, 6.07) is 29.9. The lowest BCUT2D eigenvalue weighted by atomic mass is 9.56. The summed E-state index contributed by atoms with van der Waals surface area (Å²) in [4.78, 5) is 17.8. The van der Waals surface area contributed by atoms with E-state index in [2.05, 4.69) is 82.6 Å². The second kappa shape index (κ2) is 10.6. The summed E-state index contributed by atoms with van der Waals surface area (Å²) in [6.45, 7) is 1.49. The van der Waals surface area contributed by atoms with Crippen LogP contribution in [0.25, 0.3) is 0 Å². The molecule has 1 heterocycles. The van der Waals surface area contributed by atoms with Crippen LogP contribution in [0.3, 0.4) is 0 Å². The number of hydrogen-bond acceptors (Lipinski definition) is 2. The Morgan fingerprint density at radius 2 is 1.49 bits per heavy atom. The zero-order valence-electron chi connectivity index (χ0n) is 20.4. The van der Waals surface area contributed by atoms with E-state index in [4.69, 9.17) is 11.6 Å². The fraction of sp³-hybridized carbons (Fsp3) is 0.367. The first-order valence-electron chi connectivity index (χ1n) is 12.3. The van der Waals surface area contributed by atoms with Gasteiger partial charge in [-0.2, -0.15) is 0 Å². The van der Waals surface area contributed by atoms with E-state index < -0.39 is 0 Å². The van der Waals surface area contributed by atoms with Crippen LogP contribution >= 0.6 is 24.0 Å². The number of alkyl halides is 1. The highest BCUT2D eigenvalue weighted by Gasteiger charge is 2.54. The van der Waals surface area contributed by atoms with E-state index >= 15 is 0 Å². The molecule has 2 aliphatic rings. The number of likely N-dealkylation sites (tertiary alicyclic amines) is 1. The quantitative estimate of drug-likeness (QED) is 0.384. The van der Waals surface area contributed by atoms with Gasteiger partial charge in [0.05, 0.1) is 6.42 Å². The second-order valence-electron chi connectivity index (χ2n) is 10.0. The number of rotatable bonds is 5. The van der Waals surface area contributed by atoms with Gasteiger partial charge in [0.15, 0.2) is 0 Å². The molecule has 2 fully saturated rings. The first-order chi connectivity index (χ1) is 16.5. The third-order valence-corrected chi connectivity index (χ3v) is 8.56. The SMILES string of the molecule is CN(C)c1ccccc1CC(=O)N1CC2[C@H](C1)C(Cl)CCC2(c1ccccc1)c1ccccc1.Cl. The fourth-order valence-corrected chi connectivity index (χ4v) is 6.78. The van der Waals surface area contributed by atoms with Crippen LogP contribution in [0.4, 0.5) is 5.69 Å². The summed E-state index contributed by atoms with van der Waals surface area (Å²) in [5.41, 5.74) is 4.73. The van der Waals surface area contributed by atoms with Crippen LogP contribution in [0, 0.1) is 11.8 Å². The highest BCUT2D eigenvalue weighted by atomic mass is 35.5. The zero-order chi connectivity index (χ0) is 23.7. The first kappa shape index (κ1) is 25.6. The van der Waals surface area contributed by atoms with E-state index in [9.17, 15) is 4.79 Å². The number of carbonyl (C=O) groups is 1. The third kappa shape index (κ3) is 4.69. The molecule has 1 aliphatic heterocycles. The van der Waals surface area contributed by atoms with Crippen molar-refractivity contribution in [2.45, 2.75) is 30.1 Å². The van der Waals surface area contributed by atoms with Crippen LogP contribution in [-0.4, -0.2) is 43.4 Å². The Morgan fingerprint density at radius 3 is 2.09 bits per heavy atom. The summed E-state index contributed by atoms with van der Waals surface area (Å²) in [5.74, 6) is 0.771. The lowest BCUT2D eigenvalue weighted by Crippen LogP contribution is -2.47. The number of anilines is 1.